The first-order valence-electron chi connectivity index (χ1n) is 6.75. The third-order valence-corrected chi connectivity index (χ3v) is 3.23. The molecule has 1 unspecified atom stereocenters. The van der Waals surface area contributed by atoms with Crippen LogP contribution in [0.5, 0.6) is 0 Å². The molecule has 17 heavy (non-hydrogen) atoms. The second-order valence-corrected chi connectivity index (χ2v) is 5.34. The van der Waals surface area contributed by atoms with E-state index < -0.39 is 0 Å². The molecule has 2 N–H and O–H groups in total. The van der Waals surface area contributed by atoms with E-state index in [-0.39, 0.29) is 6.10 Å². The van der Waals surface area contributed by atoms with E-state index in [1.165, 1.54) is 12.8 Å². The Balaban J connectivity index is 2.13. The van der Waals surface area contributed by atoms with Crippen LogP contribution >= 0.6 is 0 Å². The maximum atomic E-state index is 9.96. The molecule has 0 radical (unpaired) electrons. The molecule has 4 heteroatoms. The predicted octanol–water partition coefficient (Wildman–Crippen LogP) is 0.704. The van der Waals surface area contributed by atoms with Gasteiger partial charge in [0.2, 0.25) is 0 Å². The maximum absolute atomic E-state index is 9.96. The van der Waals surface area contributed by atoms with E-state index in [4.69, 9.17) is 4.74 Å². The standard InChI is InChI=1S/C13H28N2O2/c1-11(2)15(9-12-4-5-12)10-13(16)8-14-6-7-17-3/h11-14,16H,4-10H2,1-3H3. The zero-order valence-corrected chi connectivity index (χ0v) is 11.5. The van der Waals surface area contributed by atoms with Crippen molar-refractivity contribution in [3.63, 3.8) is 0 Å². The third kappa shape index (κ3) is 6.99. The van der Waals surface area contributed by atoms with Gasteiger partial charge in [-0.15, -0.1) is 0 Å². The van der Waals surface area contributed by atoms with Crippen LogP contribution in [0, 0.1) is 5.92 Å². The van der Waals surface area contributed by atoms with Gasteiger partial charge in [-0.3, -0.25) is 4.90 Å². The zero-order chi connectivity index (χ0) is 12.7. The number of aliphatic hydroxyl groups excluding tert-OH is 1. The lowest BCUT2D eigenvalue weighted by Crippen LogP contribution is -2.43. The van der Waals surface area contributed by atoms with E-state index in [0.717, 1.165) is 25.6 Å². The monoisotopic (exact) mass is 244 g/mol. The van der Waals surface area contributed by atoms with Crippen LogP contribution in [0.1, 0.15) is 26.7 Å². The molecule has 0 bridgehead atoms. The number of ether oxygens (including phenoxy) is 1. The van der Waals surface area contributed by atoms with Crippen LogP contribution in [0.15, 0.2) is 0 Å². The predicted molar refractivity (Wildman–Crippen MR) is 70.2 cm³/mol. The molecule has 0 amide bonds. The van der Waals surface area contributed by atoms with Gasteiger partial charge in [0, 0.05) is 39.3 Å². The smallest absolute Gasteiger partial charge is 0.0791 e. The van der Waals surface area contributed by atoms with Gasteiger partial charge in [0.25, 0.3) is 0 Å². The van der Waals surface area contributed by atoms with E-state index in [9.17, 15) is 5.11 Å². The molecule has 0 aromatic heterocycles. The van der Waals surface area contributed by atoms with Crippen molar-refractivity contribution in [1.82, 2.24) is 10.2 Å². The lowest BCUT2D eigenvalue weighted by molar-refractivity contribution is 0.0896. The van der Waals surface area contributed by atoms with Crippen LogP contribution in [-0.2, 0) is 4.74 Å². The summed E-state index contributed by atoms with van der Waals surface area (Å²) in [7, 11) is 1.69. The summed E-state index contributed by atoms with van der Waals surface area (Å²) in [4.78, 5) is 2.39. The first-order valence-corrected chi connectivity index (χ1v) is 6.75. The summed E-state index contributed by atoms with van der Waals surface area (Å²) in [6.07, 6.45) is 2.45. The van der Waals surface area contributed by atoms with Gasteiger partial charge in [-0.25, -0.2) is 0 Å². The highest BCUT2D eigenvalue weighted by Gasteiger charge is 2.26. The van der Waals surface area contributed by atoms with Gasteiger partial charge in [-0.2, -0.15) is 0 Å². The Morgan fingerprint density at radius 3 is 2.65 bits per heavy atom. The molecule has 1 aliphatic rings. The minimum absolute atomic E-state index is 0.284. The lowest BCUT2D eigenvalue weighted by Gasteiger charge is -2.28. The molecular weight excluding hydrogens is 216 g/mol. The van der Waals surface area contributed by atoms with Crippen LogP contribution in [0.3, 0.4) is 0 Å². The van der Waals surface area contributed by atoms with Gasteiger partial charge in [0.15, 0.2) is 0 Å². The SMILES string of the molecule is COCCNCC(O)CN(CC1CC1)C(C)C. The highest BCUT2D eigenvalue weighted by atomic mass is 16.5. The number of nitrogens with one attached hydrogen (secondary N) is 1. The molecule has 0 aromatic carbocycles. The number of nitrogens with zero attached hydrogens (tertiary/aromatic N) is 1. The number of rotatable bonds is 10. The Hall–Kier alpha value is -0.160. The summed E-state index contributed by atoms with van der Waals surface area (Å²) in [6.45, 7) is 8.47. The van der Waals surface area contributed by atoms with Crippen molar-refractivity contribution in [1.29, 1.82) is 0 Å². The lowest BCUT2D eigenvalue weighted by atomic mass is 10.2. The average molecular weight is 244 g/mol. The van der Waals surface area contributed by atoms with Crippen molar-refractivity contribution in [2.45, 2.75) is 38.8 Å². The van der Waals surface area contributed by atoms with Crippen LogP contribution in [-0.4, -0.2) is 62.0 Å². The normalized spacial score (nSPS) is 18.0. The summed E-state index contributed by atoms with van der Waals surface area (Å²) in [5.74, 6) is 0.881. The van der Waals surface area contributed by atoms with Crippen molar-refractivity contribution in [2.24, 2.45) is 5.92 Å². The Bertz CT molecular complexity index is 196. The summed E-state index contributed by atoms with van der Waals surface area (Å²) in [5, 5.41) is 13.2. The van der Waals surface area contributed by atoms with E-state index >= 15 is 0 Å². The average Bonchev–Trinajstić information content (AvgIpc) is 3.07. The topological polar surface area (TPSA) is 44.7 Å². The maximum Gasteiger partial charge on any atom is 0.0791 e. The van der Waals surface area contributed by atoms with Crippen molar-refractivity contribution in [3.8, 4) is 0 Å². The van der Waals surface area contributed by atoms with Gasteiger partial charge in [0.05, 0.1) is 12.7 Å². The first kappa shape index (κ1) is 14.9. The molecule has 0 spiro atoms. The Kier molecular flexibility index (Phi) is 7.04. The second-order valence-electron chi connectivity index (χ2n) is 5.34. The highest BCUT2D eigenvalue weighted by molar-refractivity contribution is 4.80. The molecule has 1 atom stereocenters. The van der Waals surface area contributed by atoms with E-state index in [1.54, 1.807) is 7.11 Å². The van der Waals surface area contributed by atoms with Crippen LogP contribution < -0.4 is 5.32 Å². The van der Waals surface area contributed by atoms with E-state index in [2.05, 4.69) is 24.1 Å². The Labute approximate surface area is 105 Å². The van der Waals surface area contributed by atoms with Gasteiger partial charge in [0.1, 0.15) is 0 Å². The number of hydrogen-bond acceptors (Lipinski definition) is 4. The highest BCUT2D eigenvalue weighted by Crippen LogP contribution is 2.30. The van der Waals surface area contributed by atoms with Crippen LogP contribution in [0.4, 0.5) is 0 Å². The molecule has 0 aromatic rings. The quantitative estimate of drug-likeness (QED) is 0.555. The molecule has 1 saturated carbocycles. The van der Waals surface area contributed by atoms with Crippen molar-refractivity contribution >= 4 is 0 Å². The molecule has 1 fully saturated rings. The number of hydrogen-bond donors (Lipinski definition) is 2. The largest absolute Gasteiger partial charge is 0.390 e. The molecule has 1 aliphatic carbocycles. The van der Waals surface area contributed by atoms with Gasteiger partial charge >= 0.3 is 0 Å². The fourth-order valence-electron chi connectivity index (χ4n) is 1.91. The minimum Gasteiger partial charge on any atom is -0.390 e. The fraction of sp³-hybridized carbons (Fsp3) is 1.00. The molecule has 0 heterocycles. The molecule has 1 rings (SSSR count). The Morgan fingerprint density at radius 2 is 2.12 bits per heavy atom. The minimum atomic E-state index is -0.284. The van der Waals surface area contributed by atoms with Gasteiger partial charge < -0.3 is 15.2 Å². The molecule has 0 aliphatic heterocycles. The molecule has 4 nitrogen and oxygen atoms in total. The summed E-state index contributed by atoms with van der Waals surface area (Å²) in [6, 6.07) is 0.518. The third-order valence-electron chi connectivity index (χ3n) is 3.23. The van der Waals surface area contributed by atoms with Crippen LogP contribution in [0.2, 0.25) is 0 Å². The molecule has 102 valence electrons. The van der Waals surface area contributed by atoms with Crippen LogP contribution in [0.25, 0.3) is 0 Å². The summed E-state index contributed by atoms with van der Waals surface area (Å²) >= 11 is 0. The number of methoxy groups -OCH3 is 1. The van der Waals surface area contributed by atoms with Crippen molar-refractivity contribution < 1.29 is 9.84 Å². The number of aliphatic hydroxyl groups is 1. The first-order chi connectivity index (χ1) is 8.13. The zero-order valence-electron chi connectivity index (χ0n) is 11.5. The summed E-state index contributed by atoms with van der Waals surface area (Å²) < 4.78 is 4.95. The van der Waals surface area contributed by atoms with E-state index in [0.29, 0.717) is 19.2 Å². The van der Waals surface area contributed by atoms with Gasteiger partial charge in [-0.05, 0) is 32.6 Å². The fourth-order valence-corrected chi connectivity index (χ4v) is 1.91. The van der Waals surface area contributed by atoms with E-state index in [1.807, 2.05) is 0 Å². The Morgan fingerprint density at radius 1 is 1.41 bits per heavy atom. The molecule has 0 saturated heterocycles. The van der Waals surface area contributed by atoms with Gasteiger partial charge in [-0.1, -0.05) is 0 Å². The summed E-state index contributed by atoms with van der Waals surface area (Å²) in [5.41, 5.74) is 0. The molecular formula is C13H28N2O2. The second kappa shape index (κ2) is 8.03. The van der Waals surface area contributed by atoms with Crippen molar-refractivity contribution in [3.05, 3.63) is 0 Å². The van der Waals surface area contributed by atoms with Crippen molar-refractivity contribution in [2.75, 3.05) is 39.9 Å².